The molecule has 1 aromatic rings. The fourth-order valence-electron chi connectivity index (χ4n) is 2.24. The van der Waals surface area contributed by atoms with Gasteiger partial charge in [0.1, 0.15) is 12.7 Å². The number of nitro groups is 1. The van der Waals surface area contributed by atoms with Crippen molar-refractivity contribution in [3.63, 3.8) is 0 Å². The lowest BCUT2D eigenvalue weighted by Gasteiger charge is -2.30. The average molecular weight is 266 g/mol. The molecule has 1 amide bonds. The van der Waals surface area contributed by atoms with Crippen LogP contribution in [0.5, 0.6) is 0 Å². The lowest BCUT2D eigenvalue weighted by atomic mass is 9.99. The zero-order valence-corrected chi connectivity index (χ0v) is 11.2. The highest BCUT2D eigenvalue weighted by Crippen LogP contribution is 2.17. The maximum Gasteiger partial charge on any atom is 0.381 e. The van der Waals surface area contributed by atoms with Crippen LogP contribution in [0.2, 0.25) is 0 Å². The van der Waals surface area contributed by atoms with Crippen molar-refractivity contribution in [1.29, 1.82) is 0 Å². The third kappa shape index (κ3) is 3.10. The number of hydrogen-bond donors (Lipinski definition) is 0. The van der Waals surface area contributed by atoms with E-state index in [1.807, 2.05) is 4.90 Å². The lowest BCUT2D eigenvalue weighted by molar-refractivity contribution is -0.389. The van der Waals surface area contributed by atoms with E-state index >= 15 is 0 Å². The molecule has 0 aromatic carbocycles. The summed E-state index contributed by atoms with van der Waals surface area (Å²) in [6, 6.07) is 0. The molecular weight excluding hydrogens is 248 g/mol. The van der Waals surface area contributed by atoms with E-state index in [-0.39, 0.29) is 18.3 Å². The second kappa shape index (κ2) is 5.38. The zero-order chi connectivity index (χ0) is 14.0. The van der Waals surface area contributed by atoms with Crippen LogP contribution in [-0.4, -0.2) is 38.4 Å². The van der Waals surface area contributed by atoms with Crippen LogP contribution in [0.25, 0.3) is 0 Å². The number of nitrogens with zero attached hydrogens (tertiary/aromatic N) is 4. The summed E-state index contributed by atoms with van der Waals surface area (Å²) in [7, 11) is 0. The molecule has 0 N–H and O–H groups in total. The Morgan fingerprint density at radius 1 is 1.53 bits per heavy atom. The van der Waals surface area contributed by atoms with Gasteiger partial charge in [-0.05, 0) is 28.7 Å². The summed E-state index contributed by atoms with van der Waals surface area (Å²) in [6.45, 7) is 5.52. The minimum Gasteiger partial charge on any atom is -0.358 e. The van der Waals surface area contributed by atoms with Gasteiger partial charge in [0, 0.05) is 20.0 Å². The van der Waals surface area contributed by atoms with Crippen molar-refractivity contribution in [2.45, 2.75) is 33.2 Å². The van der Waals surface area contributed by atoms with Crippen LogP contribution in [0, 0.1) is 23.0 Å². The van der Waals surface area contributed by atoms with E-state index in [1.54, 1.807) is 11.5 Å². The van der Waals surface area contributed by atoms with Gasteiger partial charge in [-0.3, -0.25) is 9.36 Å². The van der Waals surface area contributed by atoms with Gasteiger partial charge in [0.2, 0.25) is 11.7 Å². The predicted molar refractivity (Wildman–Crippen MR) is 68.6 cm³/mol. The molecule has 0 unspecified atom stereocenters. The van der Waals surface area contributed by atoms with Gasteiger partial charge in [-0.15, -0.1) is 0 Å². The van der Waals surface area contributed by atoms with Crippen molar-refractivity contribution in [3.8, 4) is 0 Å². The Bertz CT molecular complexity index is 489. The summed E-state index contributed by atoms with van der Waals surface area (Å²) >= 11 is 0. The van der Waals surface area contributed by atoms with Crippen molar-refractivity contribution >= 4 is 11.7 Å². The van der Waals surface area contributed by atoms with Gasteiger partial charge in [0.25, 0.3) is 0 Å². The molecule has 104 valence electrons. The molecular formula is C12H18N4O3. The Labute approximate surface area is 111 Å². The molecule has 1 aliphatic rings. The third-order valence-corrected chi connectivity index (χ3v) is 3.59. The summed E-state index contributed by atoms with van der Waals surface area (Å²) in [5.41, 5.74) is 0. The molecule has 7 heteroatoms. The number of carbonyl (C=O) groups is 1. The molecule has 2 rings (SSSR count). The number of hydrogen-bond acceptors (Lipinski definition) is 4. The quantitative estimate of drug-likeness (QED) is 0.611. The molecule has 1 aromatic heterocycles. The Hall–Kier alpha value is -1.92. The van der Waals surface area contributed by atoms with Gasteiger partial charge >= 0.3 is 5.82 Å². The molecule has 7 nitrogen and oxygen atoms in total. The fourth-order valence-corrected chi connectivity index (χ4v) is 2.24. The minimum atomic E-state index is -0.545. The van der Waals surface area contributed by atoms with E-state index in [1.165, 1.54) is 6.20 Å². The summed E-state index contributed by atoms with van der Waals surface area (Å²) in [5, 5.41) is 10.6. The summed E-state index contributed by atoms with van der Waals surface area (Å²) in [4.78, 5) is 27.8. The number of aromatic nitrogens is 2. The molecule has 2 heterocycles. The minimum absolute atomic E-state index is 0.00213. The maximum atomic E-state index is 12.1. The highest BCUT2D eigenvalue weighted by molar-refractivity contribution is 5.76. The van der Waals surface area contributed by atoms with Gasteiger partial charge in [0.15, 0.2) is 0 Å². The number of piperidine rings is 1. The number of rotatable bonds is 3. The molecule has 1 fully saturated rings. The van der Waals surface area contributed by atoms with Crippen LogP contribution >= 0.6 is 0 Å². The monoisotopic (exact) mass is 266 g/mol. The lowest BCUT2D eigenvalue weighted by Crippen LogP contribution is -2.39. The predicted octanol–water partition coefficient (Wildman–Crippen LogP) is 1.36. The van der Waals surface area contributed by atoms with Crippen molar-refractivity contribution in [3.05, 3.63) is 22.1 Å². The van der Waals surface area contributed by atoms with Crippen molar-refractivity contribution in [2.75, 3.05) is 13.1 Å². The van der Waals surface area contributed by atoms with Gasteiger partial charge in [-0.25, -0.2) is 0 Å². The van der Waals surface area contributed by atoms with E-state index in [4.69, 9.17) is 0 Å². The SMILES string of the molecule is Cc1nc([N+](=O)[O-])cn1CC(=O)N1CCC(C)CC1. The number of carbonyl (C=O) groups excluding carboxylic acids is 1. The average Bonchev–Trinajstić information content (AvgIpc) is 2.72. The van der Waals surface area contributed by atoms with Gasteiger partial charge in [0.05, 0.1) is 0 Å². The van der Waals surface area contributed by atoms with Crippen LogP contribution in [-0.2, 0) is 11.3 Å². The zero-order valence-electron chi connectivity index (χ0n) is 11.2. The Balaban J connectivity index is 2.00. The van der Waals surface area contributed by atoms with E-state index in [9.17, 15) is 14.9 Å². The largest absolute Gasteiger partial charge is 0.381 e. The molecule has 1 aliphatic heterocycles. The number of aryl methyl sites for hydroxylation is 1. The molecule has 0 radical (unpaired) electrons. The highest BCUT2D eigenvalue weighted by atomic mass is 16.6. The first-order valence-corrected chi connectivity index (χ1v) is 6.43. The topological polar surface area (TPSA) is 81.3 Å². The molecule has 0 bridgehead atoms. The van der Waals surface area contributed by atoms with Crippen molar-refractivity contribution < 1.29 is 9.72 Å². The summed E-state index contributed by atoms with van der Waals surface area (Å²) < 4.78 is 1.54. The van der Waals surface area contributed by atoms with Crippen LogP contribution < -0.4 is 0 Å². The Morgan fingerprint density at radius 3 is 2.68 bits per heavy atom. The normalized spacial score (nSPS) is 16.6. The van der Waals surface area contributed by atoms with E-state index < -0.39 is 4.92 Å². The molecule has 0 aliphatic carbocycles. The smallest absolute Gasteiger partial charge is 0.358 e. The van der Waals surface area contributed by atoms with Crippen LogP contribution in [0.15, 0.2) is 6.20 Å². The number of imidazole rings is 1. The second-order valence-electron chi connectivity index (χ2n) is 5.09. The maximum absolute atomic E-state index is 12.1. The van der Waals surface area contributed by atoms with Crippen LogP contribution in [0.3, 0.4) is 0 Å². The van der Waals surface area contributed by atoms with Crippen LogP contribution in [0.1, 0.15) is 25.6 Å². The highest BCUT2D eigenvalue weighted by Gasteiger charge is 2.22. The Morgan fingerprint density at radius 2 is 2.16 bits per heavy atom. The standard InChI is InChI=1S/C12H18N4O3/c1-9-3-5-14(6-4-9)12(17)8-15-7-11(16(18)19)13-10(15)2/h7,9H,3-6,8H2,1-2H3. The van der Waals surface area contributed by atoms with Crippen molar-refractivity contribution in [2.24, 2.45) is 5.92 Å². The van der Waals surface area contributed by atoms with E-state index in [0.717, 1.165) is 25.9 Å². The summed E-state index contributed by atoms with van der Waals surface area (Å²) in [5.74, 6) is 0.949. The molecule has 0 saturated carbocycles. The van der Waals surface area contributed by atoms with Gasteiger partial charge < -0.3 is 15.0 Å². The second-order valence-corrected chi connectivity index (χ2v) is 5.09. The van der Waals surface area contributed by atoms with Gasteiger partial charge in [-0.1, -0.05) is 6.92 Å². The first-order valence-electron chi connectivity index (χ1n) is 6.43. The number of amides is 1. The Kier molecular flexibility index (Phi) is 3.82. The van der Waals surface area contributed by atoms with Crippen LogP contribution in [0.4, 0.5) is 5.82 Å². The first-order chi connectivity index (χ1) is 8.97. The number of likely N-dealkylation sites (tertiary alicyclic amines) is 1. The van der Waals surface area contributed by atoms with Crippen molar-refractivity contribution in [1.82, 2.24) is 14.5 Å². The molecule has 1 saturated heterocycles. The molecule has 19 heavy (non-hydrogen) atoms. The first kappa shape index (κ1) is 13.5. The molecule has 0 spiro atoms. The molecule has 0 atom stereocenters. The third-order valence-electron chi connectivity index (χ3n) is 3.59. The van der Waals surface area contributed by atoms with E-state index in [2.05, 4.69) is 11.9 Å². The fraction of sp³-hybridized carbons (Fsp3) is 0.667. The van der Waals surface area contributed by atoms with E-state index in [0.29, 0.717) is 11.7 Å². The van der Waals surface area contributed by atoms with Gasteiger partial charge in [-0.2, -0.15) is 0 Å². The summed E-state index contributed by atoms with van der Waals surface area (Å²) in [6.07, 6.45) is 3.36.